The number of nitrogens with two attached hydrogens (primary N) is 1. The first-order valence-corrected chi connectivity index (χ1v) is 7.60. The monoisotopic (exact) mass is 278 g/mol. The largest absolute Gasteiger partial charge is 0.491 e. The van der Waals surface area contributed by atoms with Gasteiger partial charge in [-0.05, 0) is 31.4 Å². The van der Waals surface area contributed by atoms with Crippen molar-refractivity contribution in [2.75, 3.05) is 24.3 Å². The van der Waals surface area contributed by atoms with Crippen LogP contribution in [0.3, 0.4) is 0 Å². The maximum Gasteiger partial charge on any atom is 0.144 e. The molecule has 0 atom stereocenters. The molecule has 0 radical (unpaired) electrons. The van der Waals surface area contributed by atoms with Gasteiger partial charge in [0.15, 0.2) is 0 Å². The van der Waals surface area contributed by atoms with Gasteiger partial charge < -0.3 is 20.9 Å². The number of nitrogen functional groups attached to an aromatic ring is 1. The number of benzene rings is 1. The smallest absolute Gasteiger partial charge is 0.144 e. The van der Waals surface area contributed by atoms with Crippen molar-refractivity contribution in [3.8, 4) is 5.75 Å². The summed E-state index contributed by atoms with van der Waals surface area (Å²) in [6.07, 6.45) is 6.58. The molecule has 1 saturated carbocycles. The predicted molar refractivity (Wildman–Crippen MR) is 83.2 cm³/mol. The molecule has 1 aromatic carbocycles. The third kappa shape index (κ3) is 3.57. The Kier molecular flexibility index (Phi) is 5.12. The Morgan fingerprint density at radius 3 is 2.70 bits per heavy atom. The van der Waals surface area contributed by atoms with Crippen molar-refractivity contribution in [3.05, 3.63) is 18.2 Å². The molecule has 0 saturated heterocycles. The molecule has 0 aliphatic heterocycles. The average molecular weight is 278 g/mol. The van der Waals surface area contributed by atoms with E-state index in [2.05, 4.69) is 12.2 Å². The first-order chi connectivity index (χ1) is 9.69. The Bertz CT molecular complexity index is 428. The van der Waals surface area contributed by atoms with E-state index in [9.17, 15) is 5.11 Å². The summed E-state index contributed by atoms with van der Waals surface area (Å²) in [5.41, 5.74) is 7.37. The Labute approximate surface area is 121 Å². The molecule has 0 heterocycles. The van der Waals surface area contributed by atoms with Crippen molar-refractivity contribution in [3.63, 3.8) is 0 Å². The fraction of sp³-hybridized carbons (Fsp3) is 0.625. The van der Waals surface area contributed by atoms with Crippen LogP contribution in [0.5, 0.6) is 5.75 Å². The summed E-state index contributed by atoms with van der Waals surface area (Å²) < 4.78 is 5.65. The van der Waals surface area contributed by atoms with E-state index in [4.69, 9.17) is 10.5 Å². The quantitative estimate of drug-likeness (QED) is 0.699. The van der Waals surface area contributed by atoms with Crippen molar-refractivity contribution in [2.24, 2.45) is 0 Å². The molecule has 1 aliphatic rings. The molecular weight excluding hydrogens is 252 g/mol. The van der Waals surface area contributed by atoms with Crippen molar-refractivity contribution in [1.82, 2.24) is 0 Å². The van der Waals surface area contributed by atoms with Gasteiger partial charge in [-0.3, -0.25) is 0 Å². The van der Waals surface area contributed by atoms with Crippen LogP contribution >= 0.6 is 0 Å². The van der Waals surface area contributed by atoms with Gasteiger partial charge in [-0.2, -0.15) is 0 Å². The molecule has 0 amide bonds. The van der Waals surface area contributed by atoms with Crippen LogP contribution in [0.1, 0.15) is 45.4 Å². The number of nitrogens with one attached hydrogen (secondary N) is 1. The molecule has 1 aromatic rings. The van der Waals surface area contributed by atoms with Crippen LogP contribution in [0.25, 0.3) is 0 Å². The molecule has 4 heteroatoms. The minimum Gasteiger partial charge on any atom is -0.491 e. The molecule has 2 rings (SSSR count). The van der Waals surface area contributed by atoms with E-state index in [0.29, 0.717) is 12.3 Å². The third-order valence-corrected chi connectivity index (χ3v) is 4.00. The van der Waals surface area contributed by atoms with E-state index in [1.165, 1.54) is 19.3 Å². The van der Waals surface area contributed by atoms with Crippen LogP contribution in [0.4, 0.5) is 11.4 Å². The lowest BCUT2D eigenvalue weighted by Crippen LogP contribution is -2.43. The minimum atomic E-state index is -0.184. The summed E-state index contributed by atoms with van der Waals surface area (Å²) in [5, 5.41) is 13.3. The van der Waals surface area contributed by atoms with Crippen LogP contribution in [-0.4, -0.2) is 23.9 Å². The first-order valence-electron chi connectivity index (χ1n) is 7.60. The van der Waals surface area contributed by atoms with Crippen LogP contribution in [-0.2, 0) is 0 Å². The summed E-state index contributed by atoms with van der Waals surface area (Å²) in [4.78, 5) is 0. The number of aliphatic hydroxyl groups excluding tert-OH is 1. The molecule has 20 heavy (non-hydrogen) atoms. The highest BCUT2D eigenvalue weighted by Gasteiger charge is 2.31. The van der Waals surface area contributed by atoms with Crippen LogP contribution in [0.15, 0.2) is 18.2 Å². The third-order valence-electron chi connectivity index (χ3n) is 4.00. The zero-order valence-electron chi connectivity index (χ0n) is 12.3. The normalized spacial score (nSPS) is 17.7. The highest BCUT2D eigenvalue weighted by molar-refractivity contribution is 5.62. The van der Waals surface area contributed by atoms with Crippen LogP contribution in [0.2, 0.25) is 0 Å². The number of rotatable bonds is 6. The van der Waals surface area contributed by atoms with E-state index in [1.54, 1.807) is 0 Å². The molecule has 4 nitrogen and oxygen atoms in total. The van der Waals surface area contributed by atoms with Crippen LogP contribution in [0, 0.1) is 0 Å². The maximum absolute atomic E-state index is 9.75. The van der Waals surface area contributed by atoms with Crippen molar-refractivity contribution < 1.29 is 9.84 Å². The highest BCUT2D eigenvalue weighted by atomic mass is 16.5. The lowest BCUT2D eigenvalue weighted by atomic mass is 9.82. The van der Waals surface area contributed by atoms with Gasteiger partial charge in [-0.1, -0.05) is 26.2 Å². The number of hydrogen-bond donors (Lipinski definition) is 3. The average Bonchev–Trinajstić information content (AvgIpc) is 2.49. The van der Waals surface area contributed by atoms with Crippen LogP contribution < -0.4 is 15.8 Å². The lowest BCUT2D eigenvalue weighted by molar-refractivity contribution is 0.173. The van der Waals surface area contributed by atoms with Gasteiger partial charge in [0.25, 0.3) is 0 Å². The summed E-state index contributed by atoms with van der Waals surface area (Å²) in [5.74, 6) is 0.723. The SMILES string of the molecule is CCCOc1cc(NC2(CO)CCCCC2)ccc1N. The van der Waals surface area contributed by atoms with E-state index in [-0.39, 0.29) is 12.1 Å². The second kappa shape index (κ2) is 6.84. The minimum absolute atomic E-state index is 0.169. The Hall–Kier alpha value is -1.42. The van der Waals surface area contributed by atoms with Gasteiger partial charge in [0, 0.05) is 11.8 Å². The van der Waals surface area contributed by atoms with Gasteiger partial charge in [0.1, 0.15) is 5.75 Å². The fourth-order valence-corrected chi connectivity index (χ4v) is 2.81. The van der Waals surface area contributed by atoms with Gasteiger partial charge >= 0.3 is 0 Å². The number of ether oxygens (including phenoxy) is 1. The summed E-state index contributed by atoms with van der Waals surface area (Å²) in [7, 11) is 0. The number of hydrogen-bond acceptors (Lipinski definition) is 4. The van der Waals surface area contributed by atoms with Crippen molar-refractivity contribution in [1.29, 1.82) is 0 Å². The zero-order valence-corrected chi connectivity index (χ0v) is 12.3. The first kappa shape index (κ1) is 15.0. The molecule has 0 unspecified atom stereocenters. The molecule has 1 fully saturated rings. The summed E-state index contributed by atoms with van der Waals surface area (Å²) in [6, 6.07) is 5.76. The molecule has 4 N–H and O–H groups in total. The van der Waals surface area contributed by atoms with E-state index >= 15 is 0 Å². The molecule has 0 spiro atoms. The zero-order chi connectivity index (χ0) is 14.4. The lowest BCUT2D eigenvalue weighted by Gasteiger charge is -2.37. The van der Waals surface area contributed by atoms with Gasteiger partial charge in [-0.15, -0.1) is 0 Å². The van der Waals surface area contributed by atoms with Crippen molar-refractivity contribution >= 4 is 11.4 Å². The predicted octanol–water partition coefficient (Wildman–Crippen LogP) is 3.16. The topological polar surface area (TPSA) is 67.5 Å². The molecule has 0 bridgehead atoms. The Balaban J connectivity index is 2.11. The standard InChI is InChI=1S/C16H26N2O2/c1-2-10-20-15-11-13(6-7-14(15)17)18-16(12-19)8-4-3-5-9-16/h6-7,11,18-19H,2-5,8-10,12,17H2,1H3. The van der Waals surface area contributed by atoms with Gasteiger partial charge in [0.05, 0.1) is 24.4 Å². The number of aliphatic hydroxyl groups is 1. The Morgan fingerprint density at radius 2 is 2.05 bits per heavy atom. The highest BCUT2D eigenvalue weighted by Crippen LogP contribution is 2.33. The van der Waals surface area contributed by atoms with E-state index in [1.807, 2.05) is 18.2 Å². The summed E-state index contributed by atoms with van der Waals surface area (Å²) >= 11 is 0. The second-order valence-electron chi connectivity index (χ2n) is 5.73. The number of anilines is 2. The molecular formula is C16H26N2O2. The molecule has 0 aromatic heterocycles. The fourth-order valence-electron chi connectivity index (χ4n) is 2.81. The van der Waals surface area contributed by atoms with Gasteiger partial charge in [-0.25, -0.2) is 0 Å². The summed E-state index contributed by atoms with van der Waals surface area (Å²) in [6.45, 7) is 2.91. The molecule has 1 aliphatic carbocycles. The second-order valence-corrected chi connectivity index (χ2v) is 5.73. The van der Waals surface area contributed by atoms with E-state index < -0.39 is 0 Å². The van der Waals surface area contributed by atoms with E-state index in [0.717, 1.165) is 30.7 Å². The molecule has 112 valence electrons. The Morgan fingerprint density at radius 1 is 1.30 bits per heavy atom. The van der Waals surface area contributed by atoms with Gasteiger partial charge in [0.2, 0.25) is 0 Å². The van der Waals surface area contributed by atoms with Crippen molar-refractivity contribution in [2.45, 2.75) is 51.0 Å². The maximum atomic E-state index is 9.75.